The molecule has 5 nitrogen and oxygen atoms in total. The van der Waals surface area contributed by atoms with Crippen molar-refractivity contribution < 1.29 is 14.7 Å². The quantitative estimate of drug-likeness (QED) is 0.651. The number of rotatable bonds is 2. The summed E-state index contributed by atoms with van der Waals surface area (Å²) in [6.07, 6.45) is 2.03. The molecule has 0 aromatic heterocycles. The summed E-state index contributed by atoms with van der Waals surface area (Å²) in [5, 5.41) is 9.75. The van der Waals surface area contributed by atoms with Crippen LogP contribution in [0.4, 0.5) is 0 Å². The number of aliphatic hydroxyl groups is 1. The zero-order valence-corrected chi connectivity index (χ0v) is 9.56. The van der Waals surface area contributed by atoms with Gasteiger partial charge < -0.3 is 14.9 Å². The third-order valence-corrected chi connectivity index (χ3v) is 3.57. The molecule has 0 aromatic rings. The van der Waals surface area contributed by atoms with Gasteiger partial charge >= 0.3 is 11.8 Å². The van der Waals surface area contributed by atoms with Crippen LogP contribution in [0.25, 0.3) is 0 Å². The first-order valence-corrected chi connectivity index (χ1v) is 5.93. The molecule has 1 saturated carbocycles. The predicted octanol–water partition coefficient (Wildman–Crippen LogP) is -0.409. The fourth-order valence-electron chi connectivity index (χ4n) is 2.59. The molecule has 1 N–H and O–H groups in total. The summed E-state index contributed by atoms with van der Waals surface area (Å²) in [5.41, 5.74) is 0. The molecule has 5 heteroatoms. The summed E-state index contributed by atoms with van der Waals surface area (Å²) in [6.45, 7) is 3.58. The van der Waals surface area contributed by atoms with Crippen molar-refractivity contribution in [1.82, 2.24) is 9.80 Å². The zero-order chi connectivity index (χ0) is 11.7. The van der Waals surface area contributed by atoms with Crippen LogP contribution in [0.1, 0.15) is 26.2 Å². The summed E-state index contributed by atoms with van der Waals surface area (Å²) >= 11 is 0. The van der Waals surface area contributed by atoms with Crippen molar-refractivity contribution in [2.75, 3.05) is 19.6 Å². The molecule has 0 aromatic carbocycles. The number of likely N-dealkylation sites (N-methyl/N-ethyl adjacent to an activating group) is 1. The van der Waals surface area contributed by atoms with Gasteiger partial charge in [-0.15, -0.1) is 0 Å². The van der Waals surface area contributed by atoms with Crippen LogP contribution in [0.2, 0.25) is 0 Å². The number of hydrogen-bond donors (Lipinski definition) is 1. The largest absolute Gasteiger partial charge is 0.391 e. The molecule has 2 aliphatic rings. The third kappa shape index (κ3) is 1.80. The maximum atomic E-state index is 11.9. The van der Waals surface area contributed by atoms with Gasteiger partial charge in [0.05, 0.1) is 12.1 Å². The molecule has 1 saturated heterocycles. The first kappa shape index (κ1) is 11.4. The van der Waals surface area contributed by atoms with E-state index in [9.17, 15) is 14.7 Å². The molecular weight excluding hydrogens is 208 g/mol. The van der Waals surface area contributed by atoms with E-state index in [0.717, 1.165) is 19.3 Å². The Kier molecular flexibility index (Phi) is 3.14. The topological polar surface area (TPSA) is 60.9 Å². The van der Waals surface area contributed by atoms with Crippen molar-refractivity contribution in [3.63, 3.8) is 0 Å². The predicted molar refractivity (Wildman–Crippen MR) is 57.6 cm³/mol. The highest BCUT2D eigenvalue weighted by molar-refractivity contribution is 6.35. The van der Waals surface area contributed by atoms with Crippen molar-refractivity contribution in [1.29, 1.82) is 0 Å². The molecule has 1 aliphatic heterocycles. The number of aliphatic hydroxyl groups excluding tert-OH is 1. The van der Waals surface area contributed by atoms with Gasteiger partial charge in [0.15, 0.2) is 0 Å². The standard InChI is InChI=1S/C11H18N2O3/c1-2-12-6-7-13(11(16)10(12)15)8-4-3-5-9(8)14/h8-9,14H,2-7H2,1H3/t8-,9-/m0/s1. The minimum absolute atomic E-state index is 0.143. The summed E-state index contributed by atoms with van der Waals surface area (Å²) < 4.78 is 0. The van der Waals surface area contributed by atoms with E-state index >= 15 is 0 Å². The maximum Gasteiger partial charge on any atom is 0.312 e. The van der Waals surface area contributed by atoms with E-state index in [1.54, 1.807) is 9.80 Å². The van der Waals surface area contributed by atoms with Crippen molar-refractivity contribution in [2.24, 2.45) is 0 Å². The minimum atomic E-state index is -0.454. The summed E-state index contributed by atoms with van der Waals surface area (Å²) in [7, 11) is 0. The van der Waals surface area contributed by atoms with E-state index in [1.807, 2.05) is 6.92 Å². The molecule has 1 heterocycles. The first-order valence-electron chi connectivity index (χ1n) is 5.93. The smallest absolute Gasteiger partial charge is 0.312 e. The molecule has 2 rings (SSSR count). The van der Waals surface area contributed by atoms with Crippen LogP contribution in [0.5, 0.6) is 0 Å². The van der Waals surface area contributed by atoms with Crippen LogP contribution in [0.15, 0.2) is 0 Å². The molecule has 0 radical (unpaired) electrons. The zero-order valence-electron chi connectivity index (χ0n) is 9.56. The lowest BCUT2D eigenvalue weighted by atomic mass is 10.1. The lowest BCUT2D eigenvalue weighted by Gasteiger charge is -2.37. The second-order valence-corrected chi connectivity index (χ2v) is 4.45. The van der Waals surface area contributed by atoms with Crippen molar-refractivity contribution >= 4 is 11.8 Å². The van der Waals surface area contributed by atoms with Crippen molar-refractivity contribution in [3.05, 3.63) is 0 Å². The molecule has 2 amide bonds. The van der Waals surface area contributed by atoms with E-state index in [4.69, 9.17) is 0 Å². The van der Waals surface area contributed by atoms with E-state index in [0.29, 0.717) is 19.6 Å². The number of amides is 2. The van der Waals surface area contributed by atoms with Gasteiger partial charge in [0.25, 0.3) is 0 Å². The molecule has 2 atom stereocenters. The van der Waals surface area contributed by atoms with Crippen LogP contribution in [-0.4, -0.2) is 58.5 Å². The first-order chi connectivity index (χ1) is 7.65. The fraction of sp³-hybridized carbons (Fsp3) is 0.818. The third-order valence-electron chi connectivity index (χ3n) is 3.57. The Balaban J connectivity index is 2.07. The van der Waals surface area contributed by atoms with Gasteiger partial charge in [0.2, 0.25) is 0 Å². The van der Waals surface area contributed by atoms with Gasteiger partial charge in [-0.3, -0.25) is 9.59 Å². The van der Waals surface area contributed by atoms with Crippen molar-refractivity contribution in [2.45, 2.75) is 38.3 Å². The number of carbonyl (C=O) groups is 2. The highest BCUT2D eigenvalue weighted by atomic mass is 16.3. The van der Waals surface area contributed by atoms with Gasteiger partial charge in [-0.25, -0.2) is 0 Å². The number of piperazine rings is 1. The Hall–Kier alpha value is -1.10. The molecule has 0 unspecified atom stereocenters. The van der Waals surface area contributed by atoms with Gasteiger partial charge in [-0.1, -0.05) is 0 Å². The second-order valence-electron chi connectivity index (χ2n) is 4.45. The molecule has 1 aliphatic carbocycles. The molecular formula is C11H18N2O3. The van der Waals surface area contributed by atoms with Gasteiger partial charge in [0.1, 0.15) is 0 Å². The number of carbonyl (C=O) groups excluding carboxylic acids is 2. The van der Waals surface area contributed by atoms with E-state index in [2.05, 4.69) is 0 Å². The van der Waals surface area contributed by atoms with E-state index < -0.39 is 17.9 Å². The van der Waals surface area contributed by atoms with E-state index in [-0.39, 0.29) is 6.04 Å². The molecule has 90 valence electrons. The van der Waals surface area contributed by atoms with Crippen LogP contribution >= 0.6 is 0 Å². The van der Waals surface area contributed by atoms with Gasteiger partial charge in [-0.05, 0) is 26.2 Å². The number of nitrogens with zero attached hydrogens (tertiary/aromatic N) is 2. The summed E-state index contributed by atoms with van der Waals surface area (Å²) in [6, 6.07) is -0.143. The van der Waals surface area contributed by atoms with Crippen LogP contribution in [0.3, 0.4) is 0 Å². The summed E-state index contributed by atoms with van der Waals surface area (Å²) in [5.74, 6) is -0.869. The Morgan fingerprint density at radius 3 is 2.56 bits per heavy atom. The van der Waals surface area contributed by atoms with Gasteiger partial charge in [0, 0.05) is 19.6 Å². The highest BCUT2D eigenvalue weighted by Crippen LogP contribution is 2.25. The Morgan fingerprint density at radius 2 is 2.00 bits per heavy atom. The minimum Gasteiger partial charge on any atom is -0.391 e. The normalized spacial score (nSPS) is 31.4. The molecule has 16 heavy (non-hydrogen) atoms. The fourth-order valence-corrected chi connectivity index (χ4v) is 2.59. The monoisotopic (exact) mass is 226 g/mol. The molecule has 0 bridgehead atoms. The Bertz CT molecular complexity index is 306. The lowest BCUT2D eigenvalue weighted by Crippen LogP contribution is -2.58. The van der Waals surface area contributed by atoms with Crippen LogP contribution in [-0.2, 0) is 9.59 Å². The number of hydrogen-bond acceptors (Lipinski definition) is 3. The summed E-state index contributed by atoms with van der Waals surface area (Å²) in [4.78, 5) is 26.7. The van der Waals surface area contributed by atoms with Crippen LogP contribution in [0, 0.1) is 0 Å². The lowest BCUT2D eigenvalue weighted by molar-refractivity contribution is -0.158. The highest BCUT2D eigenvalue weighted by Gasteiger charge is 2.39. The van der Waals surface area contributed by atoms with Gasteiger partial charge in [-0.2, -0.15) is 0 Å². The second kappa shape index (κ2) is 4.41. The Labute approximate surface area is 95.0 Å². The molecule has 0 spiro atoms. The van der Waals surface area contributed by atoms with Crippen molar-refractivity contribution in [3.8, 4) is 0 Å². The SMILES string of the molecule is CCN1CCN([C@H]2CCC[C@@H]2O)C(=O)C1=O. The molecule has 2 fully saturated rings. The van der Waals surface area contributed by atoms with Crippen LogP contribution < -0.4 is 0 Å². The average molecular weight is 226 g/mol. The van der Waals surface area contributed by atoms with E-state index in [1.165, 1.54) is 0 Å². The maximum absolute atomic E-state index is 11.9. The Morgan fingerprint density at radius 1 is 1.25 bits per heavy atom. The average Bonchev–Trinajstić information content (AvgIpc) is 2.69.